The first-order valence-corrected chi connectivity index (χ1v) is 11.1. The molecule has 0 fully saturated rings. The molecule has 0 spiro atoms. The van der Waals surface area contributed by atoms with E-state index in [9.17, 15) is 19.5 Å². The molecular formula is C26H23ClN2O5. The van der Waals surface area contributed by atoms with Gasteiger partial charge in [0, 0.05) is 16.6 Å². The van der Waals surface area contributed by atoms with Crippen molar-refractivity contribution in [2.75, 3.05) is 18.1 Å². The van der Waals surface area contributed by atoms with Gasteiger partial charge in [-0.1, -0.05) is 66.2 Å². The molecule has 0 saturated carbocycles. The molecule has 0 saturated heterocycles. The van der Waals surface area contributed by atoms with Crippen LogP contribution in [0.2, 0.25) is 5.02 Å². The van der Waals surface area contributed by atoms with Gasteiger partial charge in [-0.25, -0.2) is 4.79 Å². The summed E-state index contributed by atoms with van der Waals surface area (Å²) < 4.78 is 5.49. The Morgan fingerprint density at radius 3 is 2.21 bits per heavy atom. The number of hydrogen-bond donors (Lipinski definition) is 2. The number of carbonyl (C=O) groups excluding carboxylic acids is 2. The van der Waals surface area contributed by atoms with E-state index >= 15 is 0 Å². The van der Waals surface area contributed by atoms with Crippen LogP contribution in [0.3, 0.4) is 0 Å². The Morgan fingerprint density at radius 1 is 1.00 bits per heavy atom. The van der Waals surface area contributed by atoms with Gasteiger partial charge in [0.05, 0.1) is 0 Å². The quantitative estimate of drug-likeness (QED) is 0.513. The lowest BCUT2D eigenvalue weighted by Crippen LogP contribution is -2.49. The summed E-state index contributed by atoms with van der Waals surface area (Å²) in [6.07, 6.45) is -0.760. The summed E-state index contributed by atoms with van der Waals surface area (Å²) in [6.45, 7) is 1.01. The van der Waals surface area contributed by atoms with Crippen molar-refractivity contribution in [2.24, 2.45) is 0 Å². The summed E-state index contributed by atoms with van der Waals surface area (Å²) in [5.74, 6) is -1.90. The van der Waals surface area contributed by atoms with Crippen molar-refractivity contribution in [3.8, 4) is 11.1 Å². The van der Waals surface area contributed by atoms with Crippen LogP contribution in [-0.2, 0) is 14.3 Å². The zero-order valence-electron chi connectivity index (χ0n) is 18.4. The fourth-order valence-corrected chi connectivity index (χ4v) is 4.37. The number of rotatable bonds is 7. The summed E-state index contributed by atoms with van der Waals surface area (Å²) in [5.41, 5.74) is 4.70. The van der Waals surface area contributed by atoms with Crippen molar-refractivity contribution >= 4 is 35.3 Å². The van der Waals surface area contributed by atoms with Gasteiger partial charge in [-0.15, -0.1) is 0 Å². The van der Waals surface area contributed by atoms with Crippen LogP contribution in [0.15, 0.2) is 72.8 Å². The Balaban J connectivity index is 1.43. The highest BCUT2D eigenvalue weighted by molar-refractivity contribution is 6.31. The van der Waals surface area contributed by atoms with Gasteiger partial charge in [-0.2, -0.15) is 0 Å². The molecule has 174 valence electrons. The third-order valence-corrected chi connectivity index (χ3v) is 5.96. The molecule has 0 radical (unpaired) electrons. The van der Waals surface area contributed by atoms with Crippen LogP contribution in [0.5, 0.6) is 0 Å². The summed E-state index contributed by atoms with van der Waals surface area (Å²) in [6, 6.07) is 21.2. The molecule has 3 aromatic carbocycles. The van der Waals surface area contributed by atoms with E-state index < -0.39 is 30.6 Å². The molecule has 0 bridgehead atoms. The number of aliphatic carboxylic acids is 1. The molecular weight excluding hydrogens is 456 g/mol. The summed E-state index contributed by atoms with van der Waals surface area (Å²) in [4.78, 5) is 37.9. The number of amides is 2. The van der Waals surface area contributed by atoms with Crippen molar-refractivity contribution < 1.29 is 24.2 Å². The number of hydrogen-bond acceptors (Lipinski definition) is 4. The number of fused-ring (bicyclic) bond motifs is 3. The van der Waals surface area contributed by atoms with E-state index in [4.69, 9.17) is 16.3 Å². The topological polar surface area (TPSA) is 95.9 Å². The Morgan fingerprint density at radius 2 is 1.62 bits per heavy atom. The van der Waals surface area contributed by atoms with Crippen LogP contribution in [-0.4, -0.2) is 42.3 Å². The van der Waals surface area contributed by atoms with Gasteiger partial charge in [0.15, 0.2) is 0 Å². The minimum Gasteiger partial charge on any atom is -0.480 e. The number of anilines is 1. The molecule has 8 heteroatoms. The van der Waals surface area contributed by atoms with E-state index in [1.807, 2.05) is 48.5 Å². The SMILES string of the molecule is C[C@H](NC(=O)OCC1c2ccccc2-c2ccccc21)C(=O)N(CC(=O)O)c1cccc(Cl)c1. The fourth-order valence-electron chi connectivity index (χ4n) is 4.19. The summed E-state index contributed by atoms with van der Waals surface area (Å²) in [5, 5.41) is 12.1. The normalized spacial score (nSPS) is 12.9. The number of carboxylic acid groups (broad SMARTS) is 1. The summed E-state index contributed by atoms with van der Waals surface area (Å²) >= 11 is 5.99. The maximum Gasteiger partial charge on any atom is 0.407 e. The fraction of sp³-hybridized carbons (Fsp3) is 0.192. The van der Waals surface area contributed by atoms with Crippen LogP contribution < -0.4 is 10.2 Å². The Kier molecular flexibility index (Phi) is 6.84. The molecule has 2 N–H and O–H groups in total. The van der Waals surface area contributed by atoms with E-state index in [1.165, 1.54) is 13.0 Å². The lowest BCUT2D eigenvalue weighted by Gasteiger charge is -2.25. The average molecular weight is 479 g/mol. The molecule has 7 nitrogen and oxygen atoms in total. The molecule has 34 heavy (non-hydrogen) atoms. The third kappa shape index (κ3) is 4.89. The van der Waals surface area contributed by atoms with Crippen LogP contribution >= 0.6 is 11.6 Å². The van der Waals surface area contributed by atoms with Crippen molar-refractivity contribution in [3.63, 3.8) is 0 Å². The monoisotopic (exact) mass is 478 g/mol. The zero-order valence-corrected chi connectivity index (χ0v) is 19.2. The summed E-state index contributed by atoms with van der Waals surface area (Å²) in [7, 11) is 0. The second-order valence-electron chi connectivity index (χ2n) is 7.99. The van der Waals surface area contributed by atoms with Crippen molar-refractivity contribution in [1.82, 2.24) is 5.32 Å². The standard InChI is InChI=1S/C26H23ClN2O5/c1-16(25(32)29(14-24(30)31)18-8-6-7-17(27)13-18)28-26(33)34-15-23-21-11-4-2-9-19(21)20-10-3-5-12-22(20)23/h2-13,16,23H,14-15H2,1H3,(H,28,33)(H,30,31)/t16-/m0/s1. The van der Waals surface area contributed by atoms with Gasteiger partial charge in [-0.3, -0.25) is 14.5 Å². The number of carboxylic acids is 1. The van der Waals surface area contributed by atoms with E-state index in [2.05, 4.69) is 5.32 Å². The van der Waals surface area contributed by atoms with Gasteiger partial charge in [0.25, 0.3) is 0 Å². The zero-order chi connectivity index (χ0) is 24.2. The Labute approximate surface area is 201 Å². The van der Waals surface area contributed by atoms with E-state index in [0.29, 0.717) is 10.7 Å². The highest BCUT2D eigenvalue weighted by atomic mass is 35.5. The molecule has 0 heterocycles. The maximum absolute atomic E-state index is 13.0. The number of ether oxygens (including phenoxy) is 1. The van der Waals surface area contributed by atoms with E-state index in [0.717, 1.165) is 27.2 Å². The predicted octanol–water partition coefficient (Wildman–Crippen LogP) is 4.68. The smallest absolute Gasteiger partial charge is 0.407 e. The van der Waals surface area contributed by atoms with Crippen LogP contribution in [0.25, 0.3) is 11.1 Å². The first-order chi connectivity index (χ1) is 16.3. The molecule has 1 aliphatic rings. The number of nitrogens with one attached hydrogen (secondary N) is 1. The molecule has 1 atom stereocenters. The van der Waals surface area contributed by atoms with E-state index in [-0.39, 0.29) is 12.5 Å². The molecule has 0 aromatic heterocycles. The Hall–Kier alpha value is -3.84. The molecule has 0 aliphatic heterocycles. The second-order valence-corrected chi connectivity index (χ2v) is 8.43. The second kappa shape index (κ2) is 9.97. The van der Waals surface area contributed by atoms with Gasteiger partial charge in [-0.05, 0) is 47.4 Å². The van der Waals surface area contributed by atoms with Crippen molar-refractivity contribution in [2.45, 2.75) is 18.9 Å². The predicted molar refractivity (Wildman–Crippen MR) is 129 cm³/mol. The number of nitrogens with zero attached hydrogens (tertiary/aromatic N) is 1. The number of halogens is 1. The molecule has 2 amide bonds. The van der Waals surface area contributed by atoms with Crippen LogP contribution in [0.4, 0.5) is 10.5 Å². The first kappa shape index (κ1) is 23.3. The highest BCUT2D eigenvalue weighted by Gasteiger charge is 2.30. The number of alkyl carbamates (subject to hydrolysis) is 1. The van der Waals surface area contributed by atoms with Gasteiger partial charge < -0.3 is 15.2 Å². The molecule has 0 unspecified atom stereocenters. The highest BCUT2D eigenvalue weighted by Crippen LogP contribution is 2.44. The average Bonchev–Trinajstić information content (AvgIpc) is 3.14. The number of carbonyl (C=O) groups is 3. The van der Waals surface area contributed by atoms with Crippen LogP contribution in [0.1, 0.15) is 24.0 Å². The van der Waals surface area contributed by atoms with Gasteiger partial charge in [0.2, 0.25) is 5.91 Å². The molecule has 1 aliphatic carbocycles. The Bertz CT molecular complexity index is 1200. The van der Waals surface area contributed by atoms with Gasteiger partial charge in [0.1, 0.15) is 19.2 Å². The van der Waals surface area contributed by atoms with Crippen molar-refractivity contribution in [1.29, 1.82) is 0 Å². The number of benzene rings is 3. The molecule has 3 aromatic rings. The first-order valence-electron chi connectivity index (χ1n) is 10.8. The largest absolute Gasteiger partial charge is 0.480 e. The lowest BCUT2D eigenvalue weighted by molar-refractivity contribution is -0.136. The third-order valence-electron chi connectivity index (χ3n) is 5.73. The minimum absolute atomic E-state index is 0.105. The van der Waals surface area contributed by atoms with Crippen LogP contribution in [0, 0.1) is 0 Å². The van der Waals surface area contributed by atoms with Gasteiger partial charge >= 0.3 is 12.1 Å². The minimum atomic E-state index is -1.19. The van der Waals surface area contributed by atoms with E-state index in [1.54, 1.807) is 18.2 Å². The van der Waals surface area contributed by atoms with Crippen molar-refractivity contribution in [3.05, 3.63) is 88.9 Å². The maximum atomic E-state index is 13.0. The molecule has 4 rings (SSSR count). The lowest BCUT2D eigenvalue weighted by atomic mass is 9.98.